The smallest absolute Gasteiger partial charge is 0.246 e. The summed E-state index contributed by atoms with van der Waals surface area (Å²) in [5.41, 5.74) is 4.46. The van der Waals surface area contributed by atoms with E-state index in [0.717, 1.165) is 29.5 Å². The second-order valence-corrected chi connectivity index (χ2v) is 6.27. The first-order chi connectivity index (χ1) is 11.7. The maximum atomic E-state index is 12.8. The first kappa shape index (κ1) is 17.5. The largest absolute Gasteiger partial charge is 0.324 e. The molecule has 1 heterocycles. The van der Waals surface area contributed by atoms with Crippen molar-refractivity contribution in [1.82, 2.24) is 15.1 Å². The van der Waals surface area contributed by atoms with Crippen molar-refractivity contribution in [1.29, 1.82) is 0 Å². The van der Waals surface area contributed by atoms with E-state index in [2.05, 4.69) is 40.0 Å². The molecule has 25 heavy (non-hydrogen) atoms. The van der Waals surface area contributed by atoms with Crippen molar-refractivity contribution in [2.45, 2.75) is 18.9 Å². The molecule has 0 spiro atoms. The van der Waals surface area contributed by atoms with E-state index in [1.807, 2.05) is 19.3 Å². The van der Waals surface area contributed by atoms with Gasteiger partial charge in [-0.2, -0.15) is 5.10 Å². The van der Waals surface area contributed by atoms with E-state index in [4.69, 9.17) is 0 Å². The minimum absolute atomic E-state index is 0. The van der Waals surface area contributed by atoms with Gasteiger partial charge in [0, 0.05) is 29.9 Å². The van der Waals surface area contributed by atoms with Crippen LogP contribution in [0.4, 0.5) is 5.69 Å². The number of hydrogen-bond donors (Lipinski definition) is 2. The lowest BCUT2D eigenvalue weighted by molar-refractivity contribution is -0.118. The lowest BCUT2D eigenvalue weighted by Crippen LogP contribution is -2.30. The molecule has 0 fully saturated rings. The fourth-order valence-electron chi connectivity index (χ4n) is 3.60. The predicted octanol–water partition coefficient (Wildman–Crippen LogP) is 2.99. The monoisotopic (exact) mass is 356 g/mol. The van der Waals surface area contributed by atoms with Crippen molar-refractivity contribution in [3.05, 3.63) is 59.4 Å². The average molecular weight is 357 g/mol. The van der Waals surface area contributed by atoms with Gasteiger partial charge in [-0.3, -0.25) is 9.48 Å². The van der Waals surface area contributed by atoms with Crippen LogP contribution in [0.15, 0.2) is 42.7 Å². The number of nitrogens with zero attached hydrogens (tertiary/aromatic N) is 2. The number of aryl methyl sites for hydroxylation is 3. The summed E-state index contributed by atoms with van der Waals surface area (Å²) < 4.78 is 1.70. The van der Waals surface area contributed by atoms with E-state index in [1.165, 1.54) is 16.5 Å². The zero-order valence-corrected chi connectivity index (χ0v) is 15.1. The first-order valence-corrected chi connectivity index (χ1v) is 8.17. The molecule has 0 aliphatic heterocycles. The Morgan fingerprint density at radius 1 is 1.20 bits per heavy atom. The van der Waals surface area contributed by atoms with Crippen LogP contribution in [0.2, 0.25) is 0 Å². The zero-order valence-electron chi connectivity index (χ0n) is 14.2. The summed E-state index contributed by atoms with van der Waals surface area (Å²) in [4.78, 5) is 12.8. The molecule has 2 N–H and O–H groups in total. The number of amides is 1. The van der Waals surface area contributed by atoms with Crippen molar-refractivity contribution in [2.24, 2.45) is 7.05 Å². The summed E-state index contributed by atoms with van der Waals surface area (Å²) in [7, 11) is 3.63. The summed E-state index contributed by atoms with van der Waals surface area (Å²) in [5.74, 6) is -0.0794. The number of likely N-dealkylation sites (N-methyl/N-ethyl adjacent to an activating group) is 1. The molecule has 130 valence electrons. The molecule has 1 amide bonds. The van der Waals surface area contributed by atoms with Crippen LogP contribution in [0.5, 0.6) is 0 Å². The molecule has 4 rings (SSSR count). The van der Waals surface area contributed by atoms with Crippen LogP contribution in [0.1, 0.15) is 22.7 Å². The maximum absolute atomic E-state index is 12.8. The van der Waals surface area contributed by atoms with Gasteiger partial charge >= 0.3 is 0 Å². The third kappa shape index (κ3) is 3.01. The summed E-state index contributed by atoms with van der Waals surface area (Å²) in [6, 6.07) is 10.0. The molecule has 1 aliphatic rings. The zero-order chi connectivity index (χ0) is 16.7. The SMILES string of the molecule is CNC(C(=O)Nc1ccc2c3c(cccc13)CC2)c1cnn(C)c1.Cl. The van der Waals surface area contributed by atoms with Crippen molar-refractivity contribution in [3.8, 4) is 0 Å². The molecule has 1 unspecified atom stereocenters. The molecule has 0 saturated heterocycles. The van der Waals surface area contributed by atoms with Crippen molar-refractivity contribution >= 4 is 34.8 Å². The van der Waals surface area contributed by atoms with Gasteiger partial charge in [0.25, 0.3) is 0 Å². The molecule has 1 aromatic heterocycles. The quantitative estimate of drug-likeness (QED) is 0.755. The van der Waals surface area contributed by atoms with Crippen LogP contribution in [-0.4, -0.2) is 22.7 Å². The Bertz CT molecular complexity index is 924. The Kier molecular flexibility index (Phi) is 4.79. The third-order valence-corrected chi connectivity index (χ3v) is 4.74. The number of nitrogens with one attached hydrogen (secondary N) is 2. The van der Waals surface area contributed by atoms with Gasteiger partial charge in [0.05, 0.1) is 6.20 Å². The van der Waals surface area contributed by atoms with Gasteiger partial charge in [-0.25, -0.2) is 0 Å². The summed E-state index contributed by atoms with van der Waals surface area (Å²) in [6.45, 7) is 0. The fourth-order valence-corrected chi connectivity index (χ4v) is 3.60. The molecule has 1 atom stereocenters. The molecular weight excluding hydrogens is 336 g/mol. The van der Waals surface area contributed by atoms with Crippen LogP contribution < -0.4 is 10.6 Å². The Labute approximate surface area is 152 Å². The van der Waals surface area contributed by atoms with Crippen molar-refractivity contribution < 1.29 is 4.79 Å². The van der Waals surface area contributed by atoms with Crippen LogP contribution in [0.25, 0.3) is 10.8 Å². The number of carbonyl (C=O) groups is 1. The number of aromatic nitrogens is 2. The number of rotatable bonds is 4. The van der Waals surface area contributed by atoms with Crippen molar-refractivity contribution in [2.75, 3.05) is 12.4 Å². The number of benzene rings is 2. The molecule has 1 aliphatic carbocycles. The normalized spacial score (nSPS) is 13.5. The third-order valence-electron chi connectivity index (χ3n) is 4.74. The minimum Gasteiger partial charge on any atom is -0.324 e. The number of hydrogen-bond acceptors (Lipinski definition) is 3. The minimum atomic E-state index is -0.429. The topological polar surface area (TPSA) is 59.0 Å². The Hall–Kier alpha value is -2.37. The highest BCUT2D eigenvalue weighted by molar-refractivity contribution is 6.06. The van der Waals surface area contributed by atoms with E-state index in [0.29, 0.717) is 0 Å². The molecule has 3 aromatic rings. The fraction of sp³-hybridized carbons (Fsp3) is 0.263. The molecule has 5 nitrogen and oxygen atoms in total. The lowest BCUT2D eigenvalue weighted by Gasteiger charge is -2.16. The van der Waals surface area contributed by atoms with Gasteiger partial charge in [-0.1, -0.05) is 24.3 Å². The van der Waals surface area contributed by atoms with Crippen molar-refractivity contribution in [3.63, 3.8) is 0 Å². The van der Waals surface area contributed by atoms with Crippen LogP contribution in [-0.2, 0) is 24.7 Å². The summed E-state index contributed by atoms with van der Waals surface area (Å²) >= 11 is 0. The molecule has 0 saturated carbocycles. The number of anilines is 1. The second kappa shape index (κ2) is 6.86. The lowest BCUT2D eigenvalue weighted by atomic mass is 10.0. The molecule has 0 bridgehead atoms. The van der Waals surface area contributed by atoms with Crippen LogP contribution in [0.3, 0.4) is 0 Å². The molecule has 6 heteroatoms. The molecular formula is C19H21ClN4O. The Morgan fingerprint density at radius 2 is 1.96 bits per heavy atom. The average Bonchev–Trinajstić information content (AvgIpc) is 3.19. The summed E-state index contributed by atoms with van der Waals surface area (Å²) in [6.07, 6.45) is 5.74. The van der Waals surface area contributed by atoms with E-state index in [-0.39, 0.29) is 18.3 Å². The number of halogens is 1. The van der Waals surface area contributed by atoms with Gasteiger partial charge < -0.3 is 10.6 Å². The van der Waals surface area contributed by atoms with Gasteiger partial charge in [0.15, 0.2) is 0 Å². The first-order valence-electron chi connectivity index (χ1n) is 8.17. The Morgan fingerprint density at radius 3 is 2.64 bits per heavy atom. The van der Waals surface area contributed by atoms with Gasteiger partial charge in [-0.05, 0) is 42.5 Å². The Balaban J connectivity index is 0.00000182. The highest BCUT2D eigenvalue weighted by atomic mass is 35.5. The number of carbonyl (C=O) groups excluding carboxylic acids is 1. The molecule has 2 aromatic carbocycles. The van der Waals surface area contributed by atoms with Crippen LogP contribution >= 0.6 is 12.4 Å². The van der Waals surface area contributed by atoms with E-state index in [9.17, 15) is 4.79 Å². The standard InChI is InChI=1S/C19H20N4O.ClH/c1-20-18(14-10-21-23(2)11-14)19(24)22-16-9-8-13-7-6-12-4-3-5-15(16)17(12)13;/h3-5,8-11,18,20H,6-7H2,1-2H3,(H,22,24);1H. The van der Waals surface area contributed by atoms with Gasteiger partial charge in [-0.15, -0.1) is 12.4 Å². The molecule has 0 radical (unpaired) electrons. The maximum Gasteiger partial charge on any atom is 0.246 e. The van der Waals surface area contributed by atoms with E-state index >= 15 is 0 Å². The van der Waals surface area contributed by atoms with E-state index in [1.54, 1.807) is 17.9 Å². The highest BCUT2D eigenvalue weighted by Crippen LogP contribution is 2.35. The predicted molar refractivity (Wildman–Crippen MR) is 102 cm³/mol. The summed E-state index contributed by atoms with van der Waals surface area (Å²) in [5, 5.41) is 12.7. The second-order valence-electron chi connectivity index (χ2n) is 6.27. The van der Waals surface area contributed by atoms with Crippen LogP contribution in [0, 0.1) is 0 Å². The van der Waals surface area contributed by atoms with E-state index < -0.39 is 6.04 Å². The highest BCUT2D eigenvalue weighted by Gasteiger charge is 2.22. The van der Waals surface area contributed by atoms with Gasteiger partial charge in [0.2, 0.25) is 5.91 Å². The van der Waals surface area contributed by atoms with Gasteiger partial charge in [0.1, 0.15) is 6.04 Å².